The number of hydrogen-bond donors (Lipinski definition) is 1. The molecule has 5 nitrogen and oxygen atoms in total. The zero-order valence-corrected chi connectivity index (χ0v) is 20.3. The molecule has 4 aromatic rings. The smallest absolute Gasteiger partial charge is 0.244 e. The van der Waals surface area contributed by atoms with Gasteiger partial charge >= 0.3 is 0 Å². The van der Waals surface area contributed by atoms with Crippen LogP contribution in [0.2, 0.25) is 5.02 Å². The second-order valence-corrected chi connectivity index (χ2v) is 8.44. The summed E-state index contributed by atoms with van der Waals surface area (Å²) in [5.74, 6) is 1.28. The lowest BCUT2D eigenvalue weighted by molar-refractivity contribution is -0.116. The van der Waals surface area contributed by atoms with Gasteiger partial charge in [-0.15, -0.1) is 0 Å². The number of nitrogens with one attached hydrogen (secondary N) is 1. The molecular weight excluding hydrogens is 450 g/mol. The Labute approximate surface area is 203 Å². The van der Waals surface area contributed by atoms with E-state index in [2.05, 4.69) is 5.32 Å². The first-order valence-corrected chi connectivity index (χ1v) is 11.2. The third kappa shape index (κ3) is 4.80. The van der Waals surface area contributed by atoms with E-state index in [0.29, 0.717) is 17.3 Å². The fraction of sp³-hybridized carbons (Fsp3) is 0.179. The second kappa shape index (κ2) is 10.1. The predicted molar refractivity (Wildman–Crippen MR) is 136 cm³/mol. The minimum absolute atomic E-state index is 0.182. The summed E-state index contributed by atoms with van der Waals surface area (Å²) in [4.78, 5) is 12.7. The average Bonchev–Trinajstić information content (AvgIpc) is 3.28. The van der Waals surface area contributed by atoms with Crippen molar-refractivity contribution in [3.63, 3.8) is 0 Å². The number of benzene rings is 3. The van der Waals surface area contributed by atoms with E-state index < -0.39 is 0 Å². The fourth-order valence-corrected chi connectivity index (χ4v) is 4.11. The summed E-state index contributed by atoms with van der Waals surface area (Å²) in [5, 5.41) is 4.56. The van der Waals surface area contributed by atoms with Gasteiger partial charge in [-0.05, 0) is 60.9 Å². The molecule has 1 aromatic heterocycles. The third-order valence-electron chi connectivity index (χ3n) is 5.80. The van der Waals surface area contributed by atoms with Gasteiger partial charge in [0.1, 0.15) is 17.1 Å². The number of allylic oxidation sites excluding steroid dienone is 1. The van der Waals surface area contributed by atoms with E-state index >= 15 is 0 Å². The van der Waals surface area contributed by atoms with Crippen LogP contribution >= 0.6 is 11.6 Å². The molecule has 0 aliphatic rings. The van der Waals surface area contributed by atoms with E-state index in [1.165, 1.54) is 0 Å². The summed E-state index contributed by atoms with van der Waals surface area (Å²) >= 11 is 6.06. The first-order valence-electron chi connectivity index (χ1n) is 10.9. The lowest BCUT2D eigenvalue weighted by Crippen LogP contribution is -2.20. The van der Waals surface area contributed by atoms with Crippen LogP contribution in [0.4, 0.5) is 0 Å². The molecular formula is C28H26ClNO4. The van der Waals surface area contributed by atoms with Gasteiger partial charge in [0, 0.05) is 39.7 Å². The summed E-state index contributed by atoms with van der Waals surface area (Å²) in [5.41, 5.74) is 6.19. The summed E-state index contributed by atoms with van der Waals surface area (Å²) < 4.78 is 16.8. The highest BCUT2D eigenvalue weighted by molar-refractivity contribution is 6.30. The van der Waals surface area contributed by atoms with Crippen molar-refractivity contribution in [3.05, 3.63) is 88.6 Å². The van der Waals surface area contributed by atoms with Crippen molar-refractivity contribution in [2.45, 2.75) is 20.4 Å². The van der Waals surface area contributed by atoms with Crippen LogP contribution in [0.1, 0.15) is 23.6 Å². The Hall–Kier alpha value is -3.70. The Balaban J connectivity index is 1.64. The van der Waals surface area contributed by atoms with Crippen LogP contribution in [-0.4, -0.2) is 20.1 Å². The van der Waals surface area contributed by atoms with Gasteiger partial charge in [-0.3, -0.25) is 4.79 Å². The normalized spacial score (nSPS) is 11.5. The molecule has 0 aliphatic heterocycles. The summed E-state index contributed by atoms with van der Waals surface area (Å²) in [6.45, 7) is 4.28. The van der Waals surface area contributed by atoms with E-state index in [4.69, 9.17) is 25.5 Å². The topological polar surface area (TPSA) is 60.7 Å². The van der Waals surface area contributed by atoms with Crippen LogP contribution in [0.15, 0.2) is 71.4 Å². The molecule has 0 saturated heterocycles. The number of halogens is 1. The predicted octanol–water partition coefficient (Wildman–Crippen LogP) is 6.80. The van der Waals surface area contributed by atoms with Crippen LogP contribution in [-0.2, 0) is 11.3 Å². The molecule has 1 amide bonds. The molecule has 1 heterocycles. The molecule has 4 rings (SSSR count). The Morgan fingerprint density at radius 3 is 2.41 bits per heavy atom. The molecule has 1 N–H and O–H groups in total. The van der Waals surface area contributed by atoms with E-state index in [1.54, 1.807) is 26.6 Å². The Morgan fingerprint density at radius 2 is 1.76 bits per heavy atom. The number of methoxy groups -OCH3 is 2. The second-order valence-electron chi connectivity index (χ2n) is 8.01. The number of carbonyl (C=O) groups excluding carboxylic acids is 1. The van der Waals surface area contributed by atoms with Crippen molar-refractivity contribution < 1.29 is 18.7 Å². The molecule has 0 bridgehead atoms. The molecule has 0 fully saturated rings. The molecule has 6 heteroatoms. The number of rotatable bonds is 7. The van der Waals surface area contributed by atoms with Gasteiger partial charge in [-0.1, -0.05) is 35.9 Å². The van der Waals surface area contributed by atoms with E-state index in [9.17, 15) is 4.79 Å². The van der Waals surface area contributed by atoms with Crippen LogP contribution in [0, 0.1) is 6.92 Å². The monoisotopic (exact) mass is 475 g/mol. The standard InChI is InChI=1S/C28H26ClNO4/c1-17(13-26(31)30-15-19-5-11-22(32-3)12-6-19)23-14-24-25(20-7-9-21(29)10-8-20)16-34-28(24)18(2)27(23)33-4/h5-14,16H,15H2,1-4H3,(H,30,31)/b17-13+. The number of amides is 1. The summed E-state index contributed by atoms with van der Waals surface area (Å²) in [6.07, 6.45) is 3.33. The van der Waals surface area contributed by atoms with E-state index in [1.807, 2.05) is 68.4 Å². The highest BCUT2D eigenvalue weighted by atomic mass is 35.5. The Bertz CT molecular complexity index is 1350. The van der Waals surface area contributed by atoms with Crippen LogP contribution in [0.3, 0.4) is 0 Å². The summed E-state index contributed by atoms with van der Waals surface area (Å²) in [6, 6.07) is 17.2. The number of carbonyl (C=O) groups is 1. The SMILES string of the molecule is COc1ccc(CNC(=O)/C=C(\C)c2cc3c(-c4ccc(Cl)cc4)coc3c(C)c2OC)cc1. The average molecular weight is 476 g/mol. The quantitative estimate of drug-likeness (QED) is 0.299. The van der Waals surface area contributed by atoms with E-state index in [0.717, 1.165) is 50.1 Å². The number of furan rings is 1. The van der Waals surface area contributed by atoms with Gasteiger partial charge in [0.25, 0.3) is 0 Å². The first-order chi connectivity index (χ1) is 16.4. The van der Waals surface area contributed by atoms with Gasteiger partial charge in [0.2, 0.25) is 5.91 Å². The lowest BCUT2D eigenvalue weighted by atomic mass is 9.96. The zero-order chi connectivity index (χ0) is 24.2. The molecule has 0 unspecified atom stereocenters. The molecule has 0 spiro atoms. The van der Waals surface area contributed by atoms with Crippen molar-refractivity contribution in [3.8, 4) is 22.6 Å². The summed E-state index contributed by atoms with van der Waals surface area (Å²) in [7, 11) is 3.25. The number of hydrogen-bond acceptors (Lipinski definition) is 4. The van der Waals surface area contributed by atoms with Crippen molar-refractivity contribution in [2.24, 2.45) is 0 Å². The number of aryl methyl sites for hydroxylation is 1. The van der Waals surface area contributed by atoms with Gasteiger partial charge in [0.15, 0.2) is 0 Å². The van der Waals surface area contributed by atoms with Gasteiger partial charge in [-0.25, -0.2) is 0 Å². The first kappa shape index (κ1) is 23.5. The third-order valence-corrected chi connectivity index (χ3v) is 6.05. The Morgan fingerprint density at radius 1 is 1.06 bits per heavy atom. The van der Waals surface area contributed by atoms with Crippen molar-refractivity contribution in [1.29, 1.82) is 0 Å². The van der Waals surface area contributed by atoms with Crippen molar-refractivity contribution >= 4 is 34.1 Å². The molecule has 0 radical (unpaired) electrons. The van der Waals surface area contributed by atoms with Crippen LogP contribution in [0.5, 0.6) is 11.5 Å². The Kier molecular flexibility index (Phi) is 6.94. The highest BCUT2D eigenvalue weighted by Gasteiger charge is 2.18. The molecule has 0 saturated carbocycles. The number of ether oxygens (including phenoxy) is 2. The molecule has 34 heavy (non-hydrogen) atoms. The maximum Gasteiger partial charge on any atom is 0.244 e. The molecule has 3 aromatic carbocycles. The fourth-order valence-electron chi connectivity index (χ4n) is 3.98. The minimum atomic E-state index is -0.182. The van der Waals surface area contributed by atoms with Crippen LogP contribution < -0.4 is 14.8 Å². The lowest BCUT2D eigenvalue weighted by Gasteiger charge is -2.13. The molecule has 0 aliphatic carbocycles. The van der Waals surface area contributed by atoms with Gasteiger partial charge < -0.3 is 19.2 Å². The maximum atomic E-state index is 12.7. The zero-order valence-electron chi connectivity index (χ0n) is 19.6. The number of fused-ring (bicyclic) bond motifs is 1. The molecule has 174 valence electrons. The molecule has 0 atom stereocenters. The largest absolute Gasteiger partial charge is 0.497 e. The van der Waals surface area contributed by atoms with Gasteiger partial charge in [0.05, 0.1) is 20.5 Å². The maximum absolute atomic E-state index is 12.7. The van der Waals surface area contributed by atoms with Crippen LogP contribution in [0.25, 0.3) is 27.7 Å². The minimum Gasteiger partial charge on any atom is -0.497 e. The van der Waals surface area contributed by atoms with Crippen molar-refractivity contribution in [1.82, 2.24) is 5.32 Å². The van der Waals surface area contributed by atoms with Crippen molar-refractivity contribution in [2.75, 3.05) is 14.2 Å². The highest BCUT2D eigenvalue weighted by Crippen LogP contribution is 2.40. The van der Waals surface area contributed by atoms with E-state index in [-0.39, 0.29) is 5.91 Å². The van der Waals surface area contributed by atoms with Gasteiger partial charge in [-0.2, -0.15) is 0 Å².